The van der Waals surface area contributed by atoms with Gasteiger partial charge in [-0.1, -0.05) is 13.8 Å². The first-order valence-corrected chi connectivity index (χ1v) is 6.29. The van der Waals surface area contributed by atoms with Crippen molar-refractivity contribution >= 4 is 5.78 Å². The molecule has 0 aromatic rings. The van der Waals surface area contributed by atoms with Crippen LogP contribution in [0.5, 0.6) is 0 Å². The van der Waals surface area contributed by atoms with Crippen LogP contribution in [0.1, 0.15) is 46.0 Å². The fraction of sp³-hybridized carbons (Fsp3) is 0.923. The van der Waals surface area contributed by atoms with Crippen molar-refractivity contribution in [1.82, 2.24) is 4.90 Å². The Bertz CT molecular complexity index is 237. The Hall–Kier alpha value is -0.370. The van der Waals surface area contributed by atoms with E-state index in [4.69, 9.17) is 0 Å². The molecule has 1 saturated heterocycles. The van der Waals surface area contributed by atoms with Gasteiger partial charge in [-0.15, -0.1) is 0 Å². The molecule has 2 nitrogen and oxygen atoms in total. The second-order valence-electron chi connectivity index (χ2n) is 6.13. The summed E-state index contributed by atoms with van der Waals surface area (Å²) in [5.74, 6) is 1.29. The van der Waals surface area contributed by atoms with E-state index in [1.165, 1.54) is 32.2 Å². The Balaban J connectivity index is 1.75. The number of hydrogen-bond acceptors (Lipinski definition) is 2. The summed E-state index contributed by atoms with van der Waals surface area (Å²) in [5, 5.41) is 0. The van der Waals surface area contributed by atoms with E-state index in [-0.39, 0.29) is 0 Å². The molecule has 86 valence electrons. The van der Waals surface area contributed by atoms with E-state index in [0.717, 1.165) is 25.4 Å². The molecule has 0 unspecified atom stereocenters. The molecule has 2 fully saturated rings. The minimum Gasteiger partial charge on any atom is -0.298 e. The van der Waals surface area contributed by atoms with Gasteiger partial charge in [0.1, 0.15) is 5.78 Å². The molecule has 0 amide bonds. The molecule has 1 saturated carbocycles. The number of ketones is 1. The highest BCUT2D eigenvalue weighted by Gasteiger charge is 2.29. The maximum Gasteiger partial charge on any atom is 0.148 e. The van der Waals surface area contributed by atoms with Crippen LogP contribution in [-0.4, -0.2) is 30.3 Å². The lowest BCUT2D eigenvalue weighted by Gasteiger charge is -2.35. The van der Waals surface area contributed by atoms with Gasteiger partial charge in [-0.25, -0.2) is 0 Å². The normalized spacial score (nSPS) is 28.5. The molecule has 1 aliphatic heterocycles. The molecular weight excluding hydrogens is 186 g/mol. The molecule has 0 bridgehead atoms. The molecule has 2 aliphatic rings. The van der Waals surface area contributed by atoms with Crippen molar-refractivity contribution in [1.29, 1.82) is 0 Å². The molecule has 15 heavy (non-hydrogen) atoms. The van der Waals surface area contributed by atoms with E-state index >= 15 is 0 Å². The van der Waals surface area contributed by atoms with E-state index in [0.29, 0.717) is 11.2 Å². The van der Waals surface area contributed by atoms with Gasteiger partial charge in [-0.05, 0) is 37.0 Å². The summed E-state index contributed by atoms with van der Waals surface area (Å²) in [4.78, 5) is 13.5. The fourth-order valence-electron chi connectivity index (χ4n) is 2.85. The number of nitrogens with zero attached hydrogens (tertiary/aromatic N) is 1. The molecule has 0 aromatic heterocycles. The molecule has 2 rings (SSSR count). The number of Topliss-reactive ketones (excluding diaryl/α,β-unsaturated/α-hetero) is 1. The quantitative estimate of drug-likeness (QED) is 0.696. The van der Waals surface area contributed by atoms with Crippen molar-refractivity contribution < 1.29 is 4.79 Å². The standard InChI is InChI=1S/C13H23NO/c1-13(2)6-3-11(4-7-13)9-14-8-5-12(15)10-14/h11H,3-10H2,1-2H3. The third-order valence-corrected chi connectivity index (χ3v) is 4.08. The topological polar surface area (TPSA) is 20.3 Å². The Morgan fingerprint density at radius 3 is 2.53 bits per heavy atom. The van der Waals surface area contributed by atoms with Crippen molar-refractivity contribution in [3.05, 3.63) is 0 Å². The molecule has 0 atom stereocenters. The lowest BCUT2D eigenvalue weighted by Crippen LogP contribution is -2.31. The lowest BCUT2D eigenvalue weighted by molar-refractivity contribution is -0.116. The molecule has 0 radical (unpaired) electrons. The molecular formula is C13H23NO. The Kier molecular flexibility index (Phi) is 3.15. The van der Waals surface area contributed by atoms with Gasteiger partial charge in [-0.3, -0.25) is 9.69 Å². The lowest BCUT2D eigenvalue weighted by atomic mass is 9.73. The van der Waals surface area contributed by atoms with Crippen LogP contribution >= 0.6 is 0 Å². The zero-order valence-electron chi connectivity index (χ0n) is 10.1. The zero-order valence-corrected chi connectivity index (χ0v) is 10.1. The van der Waals surface area contributed by atoms with Crippen molar-refractivity contribution in [2.75, 3.05) is 19.6 Å². The van der Waals surface area contributed by atoms with Crippen molar-refractivity contribution in [2.24, 2.45) is 11.3 Å². The van der Waals surface area contributed by atoms with Gasteiger partial charge >= 0.3 is 0 Å². The van der Waals surface area contributed by atoms with Crippen molar-refractivity contribution in [3.8, 4) is 0 Å². The monoisotopic (exact) mass is 209 g/mol. The molecule has 0 N–H and O–H groups in total. The maximum atomic E-state index is 11.2. The molecule has 0 spiro atoms. The smallest absolute Gasteiger partial charge is 0.148 e. The minimum absolute atomic E-state index is 0.436. The van der Waals surface area contributed by atoms with Crippen LogP contribution in [-0.2, 0) is 4.79 Å². The van der Waals surface area contributed by atoms with Gasteiger partial charge in [0, 0.05) is 19.5 Å². The van der Waals surface area contributed by atoms with Crippen LogP contribution < -0.4 is 0 Å². The van der Waals surface area contributed by atoms with Gasteiger partial charge in [0.25, 0.3) is 0 Å². The number of likely N-dealkylation sites (tertiary alicyclic amines) is 1. The van der Waals surface area contributed by atoms with Gasteiger partial charge in [0.15, 0.2) is 0 Å². The molecule has 0 aromatic carbocycles. The van der Waals surface area contributed by atoms with Crippen LogP contribution in [0.3, 0.4) is 0 Å². The van der Waals surface area contributed by atoms with Crippen LogP contribution in [0.25, 0.3) is 0 Å². The molecule has 1 heterocycles. The zero-order chi connectivity index (χ0) is 10.9. The number of carbonyl (C=O) groups is 1. The summed E-state index contributed by atoms with van der Waals surface area (Å²) < 4.78 is 0. The third kappa shape index (κ3) is 3.04. The summed E-state index contributed by atoms with van der Waals surface area (Å²) in [6.07, 6.45) is 6.23. The van der Waals surface area contributed by atoms with E-state index in [1.54, 1.807) is 0 Å². The molecule has 1 aliphatic carbocycles. The third-order valence-electron chi connectivity index (χ3n) is 4.08. The Morgan fingerprint density at radius 1 is 1.33 bits per heavy atom. The summed E-state index contributed by atoms with van der Waals surface area (Å²) >= 11 is 0. The first-order valence-electron chi connectivity index (χ1n) is 6.29. The summed E-state index contributed by atoms with van der Waals surface area (Å²) in [7, 11) is 0. The predicted molar refractivity (Wildman–Crippen MR) is 61.8 cm³/mol. The highest BCUT2D eigenvalue weighted by molar-refractivity contribution is 5.82. The van der Waals surface area contributed by atoms with E-state index in [9.17, 15) is 4.79 Å². The second-order valence-corrected chi connectivity index (χ2v) is 6.13. The largest absolute Gasteiger partial charge is 0.298 e. The Morgan fingerprint density at radius 2 is 2.00 bits per heavy atom. The van der Waals surface area contributed by atoms with Gasteiger partial charge in [-0.2, -0.15) is 0 Å². The summed E-state index contributed by atoms with van der Waals surface area (Å²) in [5.41, 5.74) is 0.567. The number of hydrogen-bond donors (Lipinski definition) is 0. The summed E-state index contributed by atoms with van der Waals surface area (Å²) in [6, 6.07) is 0. The van der Waals surface area contributed by atoms with Crippen molar-refractivity contribution in [3.63, 3.8) is 0 Å². The van der Waals surface area contributed by atoms with Gasteiger partial charge < -0.3 is 0 Å². The molecule has 2 heteroatoms. The van der Waals surface area contributed by atoms with Gasteiger partial charge in [0.05, 0.1) is 6.54 Å². The number of rotatable bonds is 2. The highest BCUT2D eigenvalue weighted by atomic mass is 16.1. The average molecular weight is 209 g/mol. The van der Waals surface area contributed by atoms with Crippen LogP contribution in [0.2, 0.25) is 0 Å². The van der Waals surface area contributed by atoms with E-state index < -0.39 is 0 Å². The SMILES string of the molecule is CC1(C)CCC(CN2CCC(=O)C2)CC1. The van der Waals surface area contributed by atoms with Crippen LogP contribution in [0.15, 0.2) is 0 Å². The van der Waals surface area contributed by atoms with Crippen molar-refractivity contribution in [2.45, 2.75) is 46.0 Å². The first kappa shape index (κ1) is 11.1. The first-order chi connectivity index (χ1) is 7.05. The van der Waals surface area contributed by atoms with Gasteiger partial charge in [0.2, 0.25) is 0 Å². The second kappa shape index (κ2) is 4.25. The highest BCUT2D eigenvalue weighted by Crippen LogP contribution is 2.38. The number of carbonyl (C=O) groups excluding carboxylic acids is 1. The minimum atomic E-state index is 0.436. The summed E-state index contributed by atoms with van der Waals surface area (Å²) in [6.45, 7) is 7.66. The fourth-order valence-corrected chi connectivity index (χ4v) is 2.85. The van der Waals surface area contributed by atoms with E-state index in [2.05, 4.69) is 18.7 Å². The predicted octanol–water partition coefficient (Wildman–Crippen LogP) is 2.48. The maximum absolute atomic E-state index is 11.2. The Labute approximate surface area is 93.0 Å². The van der Waals surface area contributed by atoms with Crippen LogP contribution in [0.4, 0.5) is 0 Å². The average Bonchev–Trinajstić information content (AvgIpc) is 2.55. The van der Waals surface area contributed by atoms with E-state index in [1.807, 2.05) is 0 Å². The van der Waals surface area contributed by atoms with Crippen LogP contribution in [0, 0.1) is 11.3 Å².